The molecule has 9 heteroatoms. The topological polar surface area (TPSA) is 131 Å². The van der Waals surface area contributed by atoms with E-state index in [1.165, 1.54) is 32.2 Å². The maximum atomic E-state index is 12.6. The molecule has 1 heterocycles. The number of carbonyl (C=O) groups is 2. The molecule has 0 aromatic heterocycles. The Hall–Kier alpha value is -4.14. The molecule has 9 nitrogen and oxygen atoms in total. The summed E-state index contributed by atoms with van der Waals surface area (Å²) in [6.45, 7) is 1.32. The number of hydrogen-bond donors (Lipinski definition) is 1. The van der Waals surface area contributed by atoms with Crippen molar-refractivity contribution in [3.63, 3.8) is 0 Å². The maximum absolute atomic E-state index is 12.6. The highest BCUT2D eigenvalue weighted by atomic mass is 16.6. The minimum absolute atomic E-state index is 0.0229. The Labute approximate surface area is 164 Å². The number of ether oxygens (including phenoxy) is 1. The van der Waals surface area contributed by atoms with E-state index in [0.717, 1.165) is 6.07 Å². The lowest BCUT2D eigenvalue weighted by atomic mass is 9.99. The lowest BCUT2D eigenvalue weighted by molar-refractivity contribution is -0.384. The Kier molecular flexibility index (Phi) is 5.31. The normalized spacial score (nSPS) is 14.7. The lowest BCUT2D eigenvalue weighted by Crippen LogP contribution is -2.16. The lowest BCUT2D eigenvalue weighted by Gasteiger charge is -2.07. The summed E-state index contributed by atoms with van der Waals surface area (Å²) < 4.78 is 4.71. The van der Waals surface area contributed by atoms with Crippen LogP contribution in [-0.2, 0) is 9.53 Å². The second-order valence-corrected chi connectivity index (χ2v) is 6.01. The predicted molar refractivity (Wildman–Crippen MR) is 104 cm³/mol. The van der Waals surface area contributed by atoms with Crippen molar-refractivity contribution in [3.05, 3.63) is 86.7 Å². The molecule has 146 valence electrons. The van der Waals surface area contributed by atoms with E-state index < -0.39 is 16.8 Å². The first-order valence-electron chi connectivity index (χ1n) is 8.38. The number of amides is 1. The number of rotatable bonds is 4. The molecule has 2 aromatic rings. The summed E-state index contributed by atoms with van der Waals surface area (Å²) in [6, 6.07) is 11.9. The van der Waals surface area contributed by atoms with E-state index in [4.69, 9.17) is 4.74 Å². The molecule has 29 heavy (non-hydrogen) atoms. The summed E-state index contributed by atoms with van der Waals surface area (Å²) in [5.74, 6) is -1.79. The van der Waals surface area contributed by atoms with Crippen LogP contribution in [0.25, 0.3) is 0 Å². The Bertz CT molecular complexity index is 1130. The number of aliphatic imine (C=N–C) groups is 2. The molecule has 1 aliphatic heterocycles. The second kappa shape index (κ2) is 7.85. The number of benzene rings is 2. The number of allylic oxidation sites excluding steroid dienone is 1. The molecular weight excluding hydrogens is 378 g/mol. The summed E-state index contributed by atoms with van der Waals surface area (Å²) >= 11 is 0. The van der Waals surface area contributed by atoms with E-state index in [1.807, 2.05) is 0 Å². The van der Waals surface area contributed by atoms with Gasteiger partial charge in [-0.1, -0.05) is 30.3 Å². The maximum Gasteiger partial charge on any atom is 0.343 e. The number of nitrogens with zero attached hydrogens (tertiary/aromatic N) is 3. The number of amidine groups is 1. The molecule has 1 amide bonds. The first-order valence-corrected chi connectivity index (χ1v) is 8.38. The highest BCUT2D eigenvalue weighted by Gasteiger charge is 2.30. The molecule has 3 rings (SSSR count). The quantitative estimate of drug-likeness (QED) is 0.279. The van der Waals surface area contributed by atoms with E-state index >= 15 is 0 Å². The van der Waals surface area contributed by atoms with Crippen molar-refractivity contribution < 1.29 is 24.4 Å². The summed E-state index contributed by atoms with van der Waals surface area (Å²) in [4.78, 5) is 43.2. The molecule has 1 aliphatic rings. The molecule has 0 unspecified atom stereocenters. The molecule has 0 bridgehead atoms. The number of non-ortho nitro benzene ring substituents is 1. The van der Waals surface area contributed by atoms with Crippen molar-refractivity contribution in [2.45, 2.75) is 6.92 Å². The van der Waals surface area contributed by atoms with Crippen LogP contribution >= 0.6 is 0 Å². The molecule has 0 spiro atoms. The number of carbonyl (C=O) groups excluding carboxylic acids is 2. The van der Waals surface area contributed by atoms with Crippen molar-refractivity contribution in [2.75, 3.05) is 7.11 Å². The molecule has 0 saturated carbocycles. The number of nitro benzene ring substituents is 1. The molecule has 0 fully saturated rings. The smallest absolute Gasteiger partial charge is 0.343 e. The largest absolute Gasteiger partial charge is 0.512 e. The summed E-state index contributed by atoms with van der Waals surface area (Å²) in [6.07, 6.45) is 0. The van der Waals surface area contributed by atoms with Crippen LogP contribution in [0.4, 0.5) is 5.69 Å². The van der Waals surface area contributed by atoms with Crippen molar-refractivity contribution in [1.29, 1.82) is 0 Å². The van der Waals surface area contributed by atoms with Gasteiger partial charge in [0.05, 0.1) is 17.7 Å². The Morgan fingerprint density at radius 3 is 2.45 bits per heavy atom. The van der Waals surface area contributed by atoms with Crippen LogP contribution in [0.1, 0.15) is 28.4 Å². The van der Waals surface area contributed by atoms with Gasteiger partial charge in [0.25, 0.3) is 11.6 Å². The van der Waals surface area contributed by atoms with E-state index in [-0.39, 0.29) is 34.1 Å². The first kappa shape index (κ1) is 19.6. The van der Waals surface area contributed by atoms with Gasteiger partial charge in [-0.05, 0) is 13.0 Å². The molecule has 0 aliphatic carbocycles. The number of esters is 1. The zero-order valence-corrected chi connectivity index (χ0v) is 15.4. The van der Waals surface area contributed by atoms with Crippen LogP contribution < -0.4 is 0 Å². The van der Waals surface area contributed by atoms with Gasteiger partial charge in [0.15, 0.2) is 5.84 Å². The average molecular weight is 393 g/mol. The van der Waals surface area contributed by atoms with Gasteiger partial charge in [-0.25, -0.2) is 9.79 Å². The van der Waals surface area contributed by atoms with E-state index in [1.54, 1.807) is 24.3 Å². The van der Waals surface area contributed by atoms with E-state index in [0.29, 0.717) is 11.1 Å². The molecule has 1 N–H and O–H groups in total. The SMILES string of the molecule is COC(=O)/C(C1=NC(=NC(=O)c2cccc([N+](=O)[O-])c2)c2ccccc21)=C(\C)O. The van der Waals surface area contributed by atoms with E-state index in [2.05, 4.69) is 9.98 Å². The third-order valence-corrected chi connectivity index (χ3v) is 4.14. The van der Waals surface area contributed by atoms with Crippen molar-refractivity contribution in [2.24, 2.45) is 9.98 Å². The Balaban J connectivity index is 2.10. The van der Waals surface area contributed by atoms with Gasteiger partial charge in [-0.3, -0.25) is 14.9 Å². The number of hydrogen-bond acceptors (Lipinski definition) is 6. The number of aliphatic hydroxyl groups is 1. The summed E-state index contributed by atoms with van der Waals surface area (Å²) in [5.41, 5.74) is 0.732. The number of aliphatic hydroxyl groups excluding tert-OH is 1. The molecular formula is C20H15N3O6. The highest BCUT2D eigenvalue weighted by Crippen LogP contribution is 2.26. The summed E-state index contributed by atoms with van der Waals surface area (Å²) in [5, 5.41) is 20.9. The zero-order valence-electron chi connectivity index (χ0n) is 15.4. The van der Waals surface area contributed by atoms with Gasteiger partial charge in [0.2, 0.25) is 0 Å². The van der Waals surface area contributed by atoms with Gasteiger partial charge < -0.3 is 9.84 Å². The fraction of sp³-hybridized carbons (Fsp3) is 0.100. The third-order valence-electron chi connectivity index (χ3n) is 4.14. The Morgan fingerprint density at radius 1 is 1.14 bits per heavy atom. The molecule has 2 aromatic carbocycles. The van der Waals surface area contributed by atoms with Crippen LogP contribution in [0.3, 0.4) is 0 Å². The fourth-order valence-electron chi connectivity index (χ4n) is 2.82. The van der Waals surface area contributed by atoms with Crippen LogP contribution in [0.15, 0.2) is 69.8 Å². The first-order chi connectivity index (χ1) is 13.8. The van der Waals surface area contributed by atoms with Gasteiger partial charge in [-0.2, -0.15) is 4.99 Å². The minimum Gasteiger partial charge on any atom is -0.512 e. The van der Waals surface area contributed by atoms with Crippen LogP contribution in [-0.4, -0.2) is 40.6 Å². The highest BCUT2D eigenvalue weighted by molar-refractivity contribution is 6.36. The standard InChI is InChI=1S/C20H15N3O6/c1-11(24)16(20(26)29-2)17-14-8-3-4-9-15(14)18(21-17)22-19(25)12-6-5-7-13(10-12)23(27)28/h3-10,24H,1-2H3/b16-11+,22-18?. The van der Waals surface area contributed by atoms with Crippen LogP contribution in [0.2, 0.25) is 0 Å². The van der Waals surface area contributed by atoms with Gasteiger partial charge in [0, 0.05) is 28.8 Å². The van der Waals surface area contributed by atoms with Crippen molar-refractivity contribution in [1.82, 2.24) is 0 Å². The third kappa shape index (κ3) is 3.79. The molecule has 0 radical (unpaired) electrons. The predicted octanol–water partition coefficient (Wildman–Crippen LogP) is 2.99. The number of fused-ring (bicyclic) bond motifs is 1. The van der Waals surface area contributed by atoms with Crippen molar-refractivity contribution >= 4 is 29.1 Å². The summed E-state index contributed by atoms with van der Waals surface area (Å²) in [7, 11) is 1.17. The van der Waals surface area contributed by atoms with Crippen LogP contribution in [0.5, 0.6) is 0 Å². The number of methoxy groups -OCH3 is 1. The minimum atomic E-state index is -0.787. The van der Waals surface area contributed by atoms with Crippen molar-refractivity contribution in [3.8, 4) is 0 Å². The number of nitro groups is 1. The second-order valence-electron chi connectivity index (χ2n) is 6.01. The van der Waals surface area contributed by atoms with Gasteiger partial charge in [0.1, 0.15) is 11.3 Å². The van der Waals surface area contributed by atoms with Gasteiger partial charge >= 0.3 is 5.97 Å². The monoisotopic (exact) mass is 393 g/mol. The zero-order chi connectivity index (χ0) is 21.1. The van der Waals surface area contributed by atoms with Gasteiger partial charge in [-0.15, -0.1) is 0 Å². The fourth-order valence-corrected chi connectivity index (χ4v) is 2.82. The molecule has 0 saturated heterocycles. The van der Waals surface area contributed by atoms with E-state index in [9.17, 15) is 24.8 Å². The molecule has 0 atom stereocenters. The Morgan fingerprint density at radius 2 is 1.83 bits per heavy atom. The van der Waals surface area contributed by atoms with Crippen LogP contribution in [0, 0.1) is 10.1 Å². The average Bonchev–Trinajstić information content (AvgIpc) is 3.06.